The summed E-state index contributed by atoms with van der Waals surface area (Å²) in [7, 11) is 0. The van der Waals surface area contributed by atoms with E-state index in [1.807, 2.05) is 13.8 Å². The van der Waals surface area contributed by atoms with Crippen LogP contribution in [0.15, 0.2) is 23.0 Å². The maximum atomic E-state index is 12.4. The molecule has 0 aromatic carbocycles. The molecule has 0 bridgehead atoms. The molecule has 0 spiro atoms. The molecule has 0 saturated heterocycles. The Kier molecular flexibility index (Phi) is 3.62. The maximum absolute atomic E-state index is 12.4. The molecule has 1 fully saturated rings. The summed E-state index contributed by atoms with van der Waals surface area (Å²) in [5.74, 6) is 0.450. The number of ketones is 1. The first-order valence-electron chi connectivity index (χ1n) is 6.73. The zero-order valence-electron chi connectivity index (χ0n) is 11.3. The third kappa shape index (κ3) is 2.24. The van der Waals surface area contributed by atoms with Crippen LogP contribution in [0, 0.1) is 17.8 Å². The minimum atomic E-state index is -1.03. The highest BCUT2D eigenvalue weighted by Gasteiger charge is 2.50. The van der Waals surface area contributed by atoms with E-state index in [4.69, 9.17) is 4.42 Å². The monoisotopic (exact) mass is 250 g/mol. The largest absolute Gasteiger partial charge is 0.472 e. The summed E-state index contributed by atoms with van der Waals surface area (Å²) in [5.41, 5.74) is -0.285. The number of aliphatic hydroxyl groups is 1. The highest BCUT2D eigenvalue weighted by Crippen LogP contribution is 2.48. The smallest absolute Gasteiger partial charge is 0.139 e. The summed E-state index contributed by atoms with van der Waals surface area (Å²) >= 11 is 0. The predicted octanol–water partition coefficient (Wildman–Crippen LogP) is 3.13. The summed E-state index contributed by atoms with van der Waals surface area (Å²) in [6, 6.07) is 1.77. The van der Waals surface area contributed by atoms with E-state index in [2.05, 4.69) is 6.92 Å². The molecule has 3 heteroatoms. The first kappa shape index (κ1) is 13.3. The van der Waals surface area contributed by atoms with E-state index >= 15 is 0 Å². The van der Waals surface area contributed by atoms with Gasteiger partial charge < -0.3 is 9.52 Å². The molecular formula is C15H22O3. The summed E-state index contributed by atoms with van der Waals surface area (Å²) in [5, 5.41) is 10.9. The molecule has 0 unspecified atom stereocenters. The first-order chi connectivity index (χ1) is 8.45. The highest BCUT2D eigenvalue weighted by atomic mass is 16.3. The van der Waals surface area contributed by atoms with Crippen molar-refractivity contribution in [1.29, 1.82) is 0 Å². The third-order valence-electron chi connectivity index (χ3n) is 4.04. The molecule has 1 aliphatic carbocycles. The van der Waals surface area contributed by atoms with Gasteiger partial charge in [-0.15, -0.1) is 0 Å². The second-order valence-electron chi connectivity index (χ2n) is 5.99. The maximum Gasteiger partial charge on any atom is 0.139 e. The van der Waals surface area contributed by atoms with Gasteiger partial charge in [0.05, 0.1) is 18.4 Å². The minimum Gasteiger partial charge on any atom is -0.472 e. The van der Waals surface area contributed by atoms with Crippen molar-refractivity contribution >= 4 is 5.78 Å². The van der Waals surface area contributed by atoms with Gasteiger partial charge in [0.25, 0.3) is 0 Å². The molecule has 3 atom stereocenters. The summed E-state index contributed by atoms with van der Waals surface area (Å²) in [4.78, 5) is 12.4. The first-order valence-corrected chi connectivity index (χ1v) is 6.73. The average molecular weight is 250 g/mol. The fraction of sp³-hybridized carbons (Fsp3) is 0.667. The highest BCUT2D eigenvalue weighted by molar-refractivity contribution is 5.83. The SMILES string of the molecule is CC(C)CC(=O)[C@H]1[C@@H](C)CC[C@]1(O)c1ccoc1. The Morgan fingerprint density at radius 3 is 2.89 bits per heavy atom. The van der Waals surface area contributed by atoms with E-state index < -0.39 is 5.60 Å². The Balaban J connectivity index is 2.27. The Hall–Kier alpha value is -1.09. The number of carbonyl (C=O) groups excluding carboxylic acids is 1. The van der Waals surface area contributed by atoms with Gasteiger partial charge in [-0.1, -0.05) is 20.8 Å². The third-order valence-corrected chi connectivity index (χ3v) is 4.04. The van der Waals surface area contributed by atoms with E-state index in [0.717, 1.165) is 12.0 Å². The lowest BCUT2D eigenvalue weighted by Gasteiger charge is -2.30. The van der Waals surface area contributed by atoms with Crippen LogP contribution in [0.3, 0.4) is 0 Å². The van der Waals surface area contributed by atoms with Gasteiger partial charge in [-0.05, 0) is 30.7 Å². The quantitative estimate of drug-likeness (QED) is 0.893. The number of furan rings is 1. The molecule has 100 valence electrons. The Labute approximate surface area is 108 Å². The van der Waals surface area contributed by atoms with Crippen LogP contribution >= 0.6 is 0 Å². The molecule has 2 rings (SSSR count). The van der Waals surface area contributed by atoms with Crippen molar-refractivity contribution in [2.45, 2.75) is 45.6 Å². The van der Waals surface area contributed by atoms with Crippen LogP contribution in [0.2, 0.25) is 0 Å². The van der Waals surface area contributed by atoms with Crippen molar-refractivity contribution in [1.82, 2.24) is 0 Å². The van der Waals surface area contributed by atoms with Gasteiger partial charge >= 0.3 is 0 Å². The number of hydrogen-bond donors (Lipinski definition) is 1. The molecule has 1 aliphatic rings. The van der Waals surface area contributed by atoms with Gasteiger partial charge in [-0.25, -0.2) is 0 Å². The number of rotatable bonds is 4. The van der Waals surface area contributed by atoms with Crippen molar-refractivity contribution in [3.8, 4) is 0 Å². The number of Topliss-reactive ketones (excluding diaryl/α,β-unsaturated/α-hetero) is 1. The zero-order valence-corrected chi connectivity index (χ0v) is 11.3. The Bertz CT molecular complexity index is 407. The van der Waals surface area contributed by atoms with Gasteiger partial charge in [0, 0.05) is 12.0 Å². The van der Waals surface area contributed by atoms with E-state index in [0.29, 0.717) is 18.8 Å². The molecule has 1 aromatic heterocycles. The van der Waals surface area contributed by atoms with Gasteiger partial charge in [-0.2, -0.15) is 0 Å². The van der Waals surface area contributed by atoms with Crippen molar-refractivity contribution in [3.05, 3.63) is 24.2 Å². The molecule has 0 amide bonds. The predicted molar refractivity (Wildman–Crippen MR) is 69.0 cm³/mol. The van der Waals surface area contributed by atoms with Crippen LogP contribution in [-0.4, -0.2) is 10.9 Å². The van der Waals surface area contributed by atoms with Crippen LogP contribution in [0.5, 0.6) is 0 Å². The van der Waals surface area contributed by atoms with Gasteiger partial charge in [0.15, 0.2) is 0 Å². The standard InChI is InChI=1S/C15H22O3/c1-10(2)8-13(16)14-11(3)4-6-15(14,17)12-5-7-18-9-12/h5,7,9-11,14,17H,4,6,8H2,1-3H3/t11-,14+,15-/m0/s1. The van der Waals surface area contributed by atoms with E-state index in [1.165, 1.54) is 0 Å². The molecule has 0 aliphatic heterocycles. The summed E-state index contributed by atoms with van der Waals surface area (Å²) in [6.07, 6.45) is 5.18. The minimum absolute atomic E-state index is 0.179. The van der Waals surface area contributed by atoms with Crippen LogP contribution in [0.25, 0.3) is 0 Å². The van der Waals surface area contributed by atoms with Crippen molar-refractivity contribution in [2.24, 2.45) is 17.8 Å². The normalized spacial score (nSPS) is 32.1. The second kappa shape index (κ2) is 4.88. The number of carbonyl (C=O) groups is 1. The fourth-order valence-corrected chi connectivity index (χ4v) is 3.19. The summed E-state index contributed by atoms with van der Waals surface area (Å²) < 4.78 is 5.07. The molecule has 1 saturated carbocycles. The molecule has 1 aromatic rings. The lowest BCUT2D eigenvalue weighted by atomic mass is 9.77. The molecule has 18 heavy (non-hydrogen) atoms. The zero-order chi connectivity index (χ0) is 13.3. The van der Waals surface area contributed by atoms with E-state index in [1.54, 1.807) is 18.6 Å². The van der Waals surface area contributed by atoms with Crippen molar-refractivity contribution in [2.75, 3.05) is 0 Å². The van der Waals surface area contributed by atoms with Gasteiger partial charge in [0.2, 0.25) is 0 Å². The molecular weight excluding hydrogens is 228 g/mol. The van der Waals surface area contributed by atoms with E-state index in [-0.39, 0.29) is 17.6 Å². The lowest BCUT2D eigenvalue weighted by molar-refractivity contribution is -0.133. The average Bonchev–Trinajstić information content (AvgIpc) is 2.86. The van der Waals surface area contributed by atoms with Crippen molar-refractivity contribution < 1.29 is 14.3 Å². The van der Waals surface area contributed by atoms with Crippen LogP contribution < -0.4 is 0 Å². The number of hydrogen-bond acceptors (Lipinski definition) is 3. The fourth-order valence-electron chi connectivity index (χ4n) is 3.19. The second-order valence-corrected chi connectivity index (χ2v) is 5.99. The molecule has 1 heterocycles. The van der Waals surface area contributed by atoms with Gasteiger partial charge in [0.1, 0.15) is 11.4 Å². The lowest BCUT2D eigenvalue weighted by Crippen LogP contribution is -2.38. The summed E-state index contributed by atoms with van der Waals surface area (Å²) in [6.45, 7) is 6.13. The van der Waals surface area contributed by atoms with Gasteiger partial charge in [-0.3, -0.25) is 4.79 Å². The Morgan fingerprint density at radius 1 is 1.61 bits per heavy atom. The van der Waals surface area contributed by atoms with Crippen molar-refractivity contribution in [3.63, 3.8) is 0 Å². The molecule has 1 N–H and O–H groups in total. The topological polar surface area (TPSA) is 50.4 Å². The van der Waals surface area contributed by atoms with Crippen LogP contribution in [0.1, 0.15) is 45.6 Å². The Morgan fingerprint density at radius 2 is 2.33 bits per heavy atom. The van der Waals surface area contributed by atoms with E-state index in [9.17, 15) is 9.90 Å². The van der Waals surface area contributed by atoms with Crippen LogP contribution in [0.4, 0.5) is 0 Å². The molecule has 3 nitrogen and oxygen atoms in total. The molecule has 0 radical (unpaired) electrons. The van der Waals surface area contributed by atoms with Crippen LogP contribution in [-0.2, 0) is 10.4 Å².